The molecule has 1 aromatic carbocycles. The lowest BCUT2D eigenvalue weighted by Crippen LogP contribution is -2.25. The number of hydrogen-bond donors (Lipinski definition) is 2. The molecule has 86 valence electrons. The van der Waals surface area contributed by atoms with Gasteiger partial charge in [-0.3, -0.25) is 0 Å². The van der Waals surface area contributed by atoms with E-state index in [-0.39, 0.29) is 0 Å². The fourth-order valence-electron chi connectivity index (χ4n) is 1.40. The first-order chi connectivity index (χ1) is 7.63. The van der Waals surface area contributed by atoms with Gasteiger partial charge in [0.15, 0.2) is 0 Å². The molecule has 0 aromatic heterocycles. The van der Waals surface area contributed by atoms with E-state index < -0.39 is 6.03 Å². The highest BCUT2D eigenvalue weighted by molar-refractivity contribution is 5.99. The van der Waals surface area contributed by atoms with Crippen LogP contribution in [-0.2, 0) is 6.42 Å². The Balaban J connectivity index is 2.73. The molecule has 4 heteroatoms. The van der Waals surface area contributed by atoms with Crippen LogP contribution in [0.2, 0.25) is 0 Å². The number of aryl methyl sites for hydroxylation is 1. The van der Waals surface area contributed by atoms with Crippen LogP contribution >= 0.6 is 0 Å². The van der Waals surface area contributed by atoms with Gasteiger partial charge in [-0.05, 0) is 24.5 Å². The Kier molecular flexibility index (Phi) is 4.51. The van der Waals surface area contributed by atoms with Crippen LogP contribution in [-0.4, -0.2) is 11.7 Å². The largest absolute Gasteiger partial charge is 0.350 e. The molecule has 0 bridgehead atoms. The highest BCUT2D eigenvalue weighted by atomic mass is 16.2. The Morgan fingerprint density at radius 3 is 2.50 bits per heavy atom. The standard InChI is InChI=1S/C12H17N3O/c1-3-4-10-5-7-11(8-6-10)9(2)14-15-12(13)16/h5-8H,3-4H2,1-2H3,(H3,13,15,16)/b14-9+. The van der Waals surface area contributed by atoms with Gasteiger partial charge in [-0.15, -0.1) is 0 Å². The topological polar surface area (TPSA) is 67.5 Å². The van der Waals surface area contributed by atoms with Crippen LogP contribution in [0.4, 0.5) is 4.79 Å². The smallest absolute Gasteiger partial charge is 0.332 e. The number of urea groups is 1. The van der Waals surface area contributed by atoms with Gasteiger partial charge in [0.2, 0.25) is 0 Å². The second-order valence-corrected chi connectivity index (χ2v) is 3.62. The molecular weight excluding hydrogens is 202 g/mol. The minimum absolute atomic E-state index is 0.651. The predicted octanol–water partition coefficient (Wildman–Crippen LogP) is 2.03. The second kappa shape index (κ2) is 5.90. The maximum absolute atomic E-state index is 10.5. The van der Waals surface area contributed by atoms with Crippen LogP contribution < -0.4 is 11.2 Å². The molecule has 0 saturated carbocycles. The first kappa shape index (κ1) is 12.2. The maximum atomic E-state index is 10.5. The molecule has 0 aliphatic heterocycles. The minimum Gasteiger partial charge on any atom is -0.350 e. The van der Waals surface area contributed by atoms with Gasteiger partial charge in [0.05, 0.1) is 5.71 Å². The zero-order valence-electron chi connectivity index (χ0n) is 9.66. The molecule has 16 heavy (non-hydrogen) atoms. The van der Waals surface area contributed by atoms with Crippen molar-refractivity contribution in [2.75, 3.05) is 0 Å². The summed E-state index contributed by atoms with van der Waals surface area (Å²) in [4.78, 5) is 10.5. The lowest BCUT2D eigenvalue weighted by Gasteiger charge is -2.03. The highest BCUT2D eigenvalue weighted by Crippen LogP contribution is 2.07. The molecule has 0 saturated heterocycles. The van der Waals surface area contributed by atoms with Crippen LogP contribution in [0.5, 0.6) is 0 Å². The van der Waals surface area contributed by atoms with Crippen LogP contribution in [0, 0.1) is 0 Å². The first-order valence-electron chi connectivity index (χ1n) is 5.32. The van der Waals surface area contributed by atoms with Crippen LogP contribution in [0.1, 0.15) is 31.4 Å². The van der Waals surface area contributed by atoms with Gasteiger partial charge >= 0.3 is 6.03 Å². The maximum Gasteiger partial charge on any atom is 0.332 e. The molecule has 0 aliphatic carbocycles. The van der Waals surface area contributed by atoms with Gasteiger partial charge < -0.3 is 5.73 Å². The van der Waals surface area contributed by atoms with Crippen molar-refractivity contribution in [3.8, 4) is 0 Å². The third-order valence-corrected chi connectivity index (χ3v) is 2.24. The predicted molar refractivity (Wildman–Crippen MR) is 65.4 cm³/mol. The zero-order valence-corrected chi connectivity index (χ0v) is 9.66. The molecule has 0 fully saturated rings. The van der Waals surface area contributed by atoms with Crippen molar-refractivity contribution < 1.29 is 4.79 Å². The molecule has 4 nitrogen and oxygen atoms in total. The number of hydrazone groups is 1. The molecule has 0 heterocycles. The van der Waals surface area contributed by atoms with E-state index in [4.69, 9.17) is 5.73 Å². The van der Waals surface area contributed by atoms with Crippen LogP contribution in [0.15, 0.2) is 29.4 Å². The number of nitrogens with two attached hydrogens (primary N) is 1. The number of hydrogen-bond acceptors (Lipinski definition) is 2. The normalized spacial score (nSPS) is 11.2. The number of benzene rings is 1. The van der Waals surface area contributed by atoms with E-state index in [1.165, 1.54) is 5.56 Å². The van der Waals surface area contributed by atoms with E-state index in [9.17, 15) is 4.79 Å². The van der Waals surface area contributed by atoms with Crippen molar-refractivity contribution in [3.05, 3.63) is 35.4 Å². The van der Waals surface area contributed by atoms with Crippen molar-refractivity contribution in [1.82, 2.24) is 5.43 Å². The molecule has 0 aliphatic rings. The van der Waals surface area contributed by atoms with Crippen molar-refractivity contribution in [2.45, 2.75) is 26.7 Å². The van der Waals surface area contributed by atoms with Crippen molar-refractivity contribution >= 4 is 11.7 Å². The molecule has 3 N–H and O–H groups in total. The van der Waals surface area contributed by atoms with E-state index in [0.717, 1.165) is 24.1 Å². The van der Waals surface area contributed by atoms with E-state index in [2.05, 4.69) is 29.6 Å². The Morgan fingerprint density at radius 2 is 2.00 bits per heavy atom. The van der Waals surface area contributed by atoms with Gasteiger partial charge in [-0.1, -0.05) is 37.6 Å². The number of carbonyl (C=O) groups excluding carboxylic acids is 1. The molecule has 0 atom stereocenters. The summed E-state index contributed by atoms with van der Waals surface area (Å²) < 4.78 is 0. The molecule has 0 spiro atoms. The summed E-state index contributed by atoms with van der Waals surface area (Å²) in [6.45, 7) is 3.97. The summed E-state index contributed by atoms with van der Waals surface area (Å²) >= 11 is 0. The quantitative estimate of drug-likeness (QED) is 0.590. The van der Waals surface area contributed by atoms with Crippen molar-refractivity contribution in [2.24, 2.45) is 10.8 Å². The Hall–Kier alpha value is -1.84. The molecule has 0 radical (unpaired) electrons. The molecule has 1 aromatic rings. The van der Waals surface area contributed by atoms with Crippen molar-refractivity contribution in [3.63, 3.8) is 0 Å². The lowest BCUT2D eigenvalue weighted by molar-refractivity contribution is 0.249. The molecule has 1 rings (SSSR count). The van der Waals surface area contributed by atoms with E-state index in [1.807, 2.05) is 19.1 Å². The molecule has 2 amide bonds. The van der Waals surface area contributed by atoms with Gasteiger partial charge in [0.1, 0.15) is 0 Å². The number of amides is 2. The van der Waals surface area contributed by atoms with Crippen LogP contribution in [0.3, 0.4) is 0 Å². The Morgan fingerprint density at radius 1 is 1.38 bits per heavy atom. The van der Waals surface area contributed by atoms with Crippen molar-refractivity contribution in [1.29, 1.82) is 0 Å². The summed E-state index contributed by atoms with van der Waals surface area (Å²) in [5.74, 6) is 0. The summed E-state index contributed by atoms with van der Waals surface area (Å²) in [5, 5.41) is 3.86. The number of nitrogens with one attached hydrogen (secondary N) is 1. The number of carbonyl (C=O) groups is 1. The van der Waals surface area contributed by atoms with E-state index >= 15 is 0 Å². The molecule has 0 unspecified atom stereocenters. The lowest BCUT2D eigenvalue weighted by atomic mass is 10.1. The second-order valence-electron chi connectivity index (χ2n) is 3.62. The third-order valence-electron chi connectivity index (χ3n) is 2.24. The third kappa shape index (κ3) is 3.73. The summed E-state index contributed by atoms with van der Waals surface area (Å²) in [6, 6.07) is 7.48. The summed E-state index contributed by atoms with van der Waals surface area (Å²) in [5.41, 5.74) is 10.2. The zero-order chi connectivity index (χ0) is 12.0. The average molecular weight is 219 g/mol. The fraction of sp³-hybridized carbons (Fsp3) is 0.333. The van der Waals surface area contributed by atoms with Gasteiger partial charge in [-0.2, -0.15) is 5.10 Å². The average Bonchev–Trinajstić information content (AvgIpc) is 2.27. The van der Waals surface area contributed by atoms with E-state index in [0.29, 0.717) is 0 Å². The Bertz CT molecular complexity index is 382. The SMILES string of the molecule is CCCc1ccc(/C(C)=N/NC(N)=O)cc1. The van der Waals surface area contributed by atoms with Gasteiger partial charge in [-0.25, -0.2) is 10.2 Å². The minimum atomic E-state index is -0.651. The number of rotatable bonds is 4. The monoisotopic (exact) mass is 219 g/mol. The fourth-order valence-corrected chi connectivity index (χ4v) is 1.40. The number of primary amides is 1. The summed E-state index contributed by atoms with van der Waals surface area (Å²) in [6.07, 6.45) is 2.21. The van der Waals surface area contributed by atoms with Gasteiger partial charge in [0.25, 0.3) is 0 Å². The summed E-state index contributed by atoms with van der Waals surface area (Å²) in [7, 11) is 0. The first-order valence-corrected chi connectivity index (χ1v) is 5.32. The Labute approximate surface area is 95.5 Å². The number of nitrogens with zero attached hydrogens (tertiary/aromatic N) is 1. The molecular formula is C12H17N3O. The van der Waals surface area contributed by atoms with Crippen LogP contribution in [0.25, 0.3) is 0 Å². The van der Waals surface area contributed by atoms with Gasteiger partial charge in [0, 0.05) is 0 Å². The highest BCUT2D eigenvalue weighted by Gasteiger charge is 1.98. The van der Waals surface area contributed by atoms with E-state index in [1.54, 1.807) is 0 Å².